The van der Waals surface area contributed by atoms with Crippen LogP contribution in [0.15, 0.2) is 42.6 Å². The number of anilines is 1. The van der Waals surface area contributed by atoms with Crippen molar-refractivity contribution in [1.82, 2.24) is 9.97 Å². The standard InChI is InChI=1S/C15H12N4O4/c1-23-14-5-4-9(19(21)22)7-12(14)18-15(20)13-8-11-10(17-13)3-2-6-16-11/h2-8,17H,1H3,(H,18,20). The number of methoxy groups -OCH3 is 1. The van der Waals surface area contributed by atoms with Crippen LogP contribution in [0, 0.1) is 10.1 Å². The molecule has 3 aromatic rings. The van der Waals surface area contributed by atoms with E-state index in [1.807, 2.05) is 0 Å². The molecule has 1 aromatic carbocycles. The number of carbonyl (C=O) groups is 1. The highest BCUT2D eigenvalue weighted by Gasteiger charge is 2.16. The van der Waals surface area contributed by atoms with Gasteiger partial charge in [0.05, 0.1) is 28.8 Å². The lowest BCUT2D eigenvalue weighted by atomic mass is 10.2. The topological polar surface area (TPSA) is 110 Å². The zero-order chi connectivity index (χ0) is 16.4. The molecule has 0 aliphatic heterocycles. The minimum atomic E-state index is -0.540. The van der Waals surface area contributed by atoms with Crippen LogP contribution in [0.4, 0.5) is 11.4 Å². The first kappa shape index (κ1) is 14.5. The van der Waals surface area contributed by atoms with Crippen LogP contribution in [0.1, 0.15) is 10.5 Å². The number of non-ortho nitro benzene ring substituents is 1. The number of H-pyrrole nitrogens is 1. The van der Waals surface area contributed by atoms with Gasteiger partial charge in [-0.1, -0.05) is 0 Å². The number of ether oxygens (including phenoxy) is 1. The summed E-state index contributed by atoms with van der Waals surface area (Å²) in [6.45, 7) is 0. The second kappa shape index (κ2) is 5.76. The van der Waals surface area contributed by atoms with Gasteiger partial charge in [-0.25, -0.2) is 0 Å². The molecule has 0 atom stereocenters. The van der Waals surface area contributed by atoms with Gasteiger partial charge >= 0.3 is 0 Å². The van der Waals surface area contributed by atoms with Crippen molar-refractivity contribution in [2.45, 2.75) is 0 Å². The van der Waals surface area contributed by atoms with Crippen LogP contribution in [-0.4, -0.2) is 27.9 Å². The summed E-state index contributed by atoms with van der Waals surface area (Å²) < 4.78 is 5.12. The van der Waals surface area contributed by atoms with Crippen molar-refractivity contribution in [1.29, 1.82) is 0 Å². The quantitative estimate of drug-likeness (QED) is 0.568. The fourth-order valence-electron chi connectivity index (χ4n) is 2.18. The molecule has 0 unspecified atom stereocenters. The molecular formula is C15H12N4O4. The van der Waals surface area contributed by atoms with Gasteiger partial charge in [-0.15, -0.1) is 0 Å². The van der Waals surface area contributed by atoms with Gasteiger partial charge in [0.15, 0.2) is 0 Å². The fourth-order valence-corrected chi connectivity index (χ4v) is 2.18. The summed E-state index contributed by atoms with van der Waals surface area (Å²) >= 11 is 0. The minimum Gasteiger partial charge on any atom is -0.495 e. The maximum Gasteiger partial charge on any atom is 0.272 e. The smallest absolute Gasteiger partial charge is 0.272 e. The Balaban J connectivity index is 1.92. The number of hydrogen-bond acceptors (Lipinski definition) is 5. The Morgan fingerprint density at radius 1 is 1.35 bits per heavy atom. The van der Waals surface area contributed by atoms with Crippen molar-refractivity contribution in [3.05, 3.63) is 58.4 Å². The molecule has 0 saturated carbocycles. The van der Waals surface area contributed by atoms with Crippen LogP contribution in [0.3, 0.4) is 0 Å². The highest BCUT2D eigenvalue weighted by molar-refractivity contribution is 6.06. The Kier molecular flexibility index (Phi) is 3.63. The normalized spacial score (nSPS) is 10.5. The number of nitro benzene ring substituents is 1. The van der Waals surface area contributed by atoms with Crippen molar-refractivity contribution in [2.24, 2.45) is 0 Å². The molecule has 8 nitrogen and oxygen atoms in total. The zero-order valence-corrected chi connectivity index (χ0v) is 12.1. The number of fused-ring (bicyclic) bond motifs is 1. The molecule has 0 aliphatic rings. The maximum absolute atomic E-state index is 12.3. The van der Waals surface area contributed by atoms with Crippen LogP contribution in [0.5, 0.6) is 5.75 Å². The summed E-state index contributed by atoms with van der Waals surface area (Å²) in [7, 11) is 1.42. The summed E-state index contributed by atoms with van der Waals surface area (Å²) in [6, 6.07) is 9.14. The number of pyridine rings is 1. The number of nitrogens with zero attached hydrogens (tertiary/aromatic N) is 2. The molecule has 116 valence electrons. The van der Waals surface area contributed by atoms with E-state index in [1.54, 1.807) is 24.4 Å². The van der Waals surface area contributed by atoms with Crippen LogP contribution >= 0.6 is 0 Å². The van der Waals surface area contributed by atoms with E-state index >= 15 is 0 Å². The average molecular weight is 312 g/mol. The highest BCUT2D eigenvalue weighted by Crippen LogP contribution is 2.29. The molecule has 2 aromatic heterocycles. The van der Waals surface area contributed by atoms with Crippen molar-refractivity contribution in [3.8, 4) is 5.75 Å². The summed E-state index contributed by atoms with van der Waals surface area (Å²) in [5, 5.41) is 13.5. The number of nitro groups is 1. The number of amides is 1. The summed E-state index contributed by atoms with van der Waals surface area (Å²) in [5.41, 5.74) is 1.76. The van der Waals surface area contributed by atoms with Gasteiger partial charge in [-0.2, -0.15) is 0 Å². The molecule has 0 bridgehead atoms. The predicted octanol–water partition coefficient (Wildman–Crippen LogP) is 2.73. The maximum atomic E-state index is 12.3. The second-order valence-corrected chi connectivity index (χ2v) is 4.72. The van der Waals surface area contributed by atoms with Crippen LogP contribution in [-0.2, 0) is 0 Å². The number of aromatic nitrogens is 2. The number of nitrogens with one attached hydrogen (secondary N) is 2. The lowest BCUT2D eigenvalue weighted by molar-refractivity contribution is -0.384. The van der Waals surface area contributed by atoms with Crippen molar-refractivity contribution in [3.63, 3.8) is 0 Å². The Labute approximate surface area is 130 Å². The molecule has 1 amide bonds. The van der Waals surface area contributed by atoms with Crippen LogP contribution < -0.4 is 10.1 Å². The Morgan fingerprint density at radius 3 is 2.87 bits per heavy atom. The number of benzene rings is 1. The van der Waals surface area contributed by atoms with E-state index in [0.717, 1.165) is 5.52 Å². The Morgan fingerprint density at radius 2 is 2.17 bits per heavy atom. The fraction of sp³-hybridized carbons (Fsp3) is 0.0667. The van der Waals surface area contributed by atoms with E-state index in [2.05, 4.69) is 15.3 Å². The molecule has 0 aliphatic carbocycles. The lowest BCUT2D eigenvalue weighted by Gasteiger charge is -2.09. The minimum absolute atomic E-state index is 0.139. The largest absolute Gasteiger partial charge is 0.495 e. The first-order valence-electron chi connectivity index (χ1n) is 6.66. The third-order valence-electron chi connectivity index (χ3n) is 3.28. The van der Waals surface area contributed by atoms with Gasteiger partial charge in [-0.05, 0) is 24.3 Å². The van der Waals surface area contributed by atoms with Gasteiger partial charge < -0.3 is 15.0 Å². The molecule has 23 heavy (non-hydrogen) atoms. The molecule has 0 saturated heterocycles. The number of hydrogen-bond donors (Lipinski definition) is 2. The summed E-state index contributed by atoms with van der Waals surface area (Å²) in [6.07, 6.45) is 1.63. The number of aromatic amines is 1. The van der Waals surface area contributed by atoms with Gasteiger partial charge in [0.25, 0.3) is 11.6 Å². The predicted molar refractivity (Wildman–Crippen MR) is 83.7 cm³/mol. The van der Waals surface area contributed by atoms with E-state index in [-0.39, 0.29) is 11.4 Å². The summed E-state index contributed by atoms with van der Waals surface area (Å²) in [5.74, 6) is -0.111. The molecule has 0 radical (unpaired) electrons. The Bertz CT molecular complexity index is 870. The van der Waals surface area contributed by atoms with E-state index in [9.17, 15) is 14.9 Å². The first-order chi connectivity index (χ1) is 11.1. The highest BCUT2D eigenvalue weighted by atomic mass is 16.6. The summed E-state index contributed by atoms with van der Waals surface area (Å²) in [4.78, 5) is 29.7. The second-order valence-electron chi connectivity index (χ2n) is 4.72. The molecule has 0 fully saturated rings. The molecule has 0 spiro atoms. The first-order valence-corrected chi connectivity index (χ1v) is 6.66. The van der Waals surface area contributed by atoms with Crippen molar-refractivity contribution < 1.29 is 14.5 Å². The molecule has 8 heteroatoms. The number of carbonyl (C=O) groups excluding carboxylic acids is 1. The zero-order valence-electron chi connectivity index (χ0n) is 12.1. The number of rotatable bonds is 4. The van der Waals surface area contributed by atoms with Gasteiger partial charge in [0.2, 0.25) is 0 Å². The van der Waals surface area contributed by atoms with E-state index in [1.165, 1.54) is 25.3 Å². The average Bonchev–Trinajstić information content (AvgIpc) is 2.99. The van der Waals surface area contributed by atoms with Crippen molar-refractivity contribution in [2.75, 3.05) is 12.4 Å². The van der Waals surface area contributed by atoms with E-state index in [0.29, 0.717) is 17.0 Å². The van der Waals surface area contributed by atoms with Gasteiger partial charge in [-0.3, -0.25) is 19.9 Å². The van der Waals surface area contributed by atoms with Gasteiger partial charge in [0.1, 0.15) is 11.4 Å². The van der Waals surface area contributed by atoms with Gasteiger partial charge in [0, 0.05) is 18.3 Å². The molecular weight excluding hydrogens is 300 g/mol. The van der Waals surface area contributed by atoms with Crippen LogP contribution in [0.25, 0.3) is 11.0 Å². The van der Waals surface area contributed by atoms with Crippen molar-refractivity contribution >= 4 is 28.3 Å². The Hall–Kier alpha value is -3.42. The third kappa shape index (κ3) is 2.82. The lowest BCUT2D eigenvalue weighted by Crippen LogP contribution is -2.13. The van der Waals surface area contributed by atoms with E-state index < -0.39 is 10.8 Å². The van der Waals surface area contributed by atoms with Crippen LogP contribution in [0.2, 0.25) is 0 Å². The molecule has 2 heterocycles. The SMILES string of the molecule is COc1ccc([N+](=O)[O-])cc1NC(=O)c1cc2ncccc2[nH]1. The van der Waals surface area contributed by atoms with E-state index in [4.69, 9.17) is 4.74 Å². The third-order valence-corrected chi connectivity index (χ3v) is 3.28. The molecule has 2 N–H and O–H groups in total. The molecule has 3 rings (SSSR count). The monoisotopic (exact) mass is 312 g/mol.